The van der Waals surface area contributed by atoms with Gasteiger partial charge in [0.25, 0.3) is 0 Å². The fourth-order valence-corrected chi connectivity index (χ4v) is 5.45. The molecule has 5 rings (SSSR count). The van der Waals surface area contributed by atoms with E-state index in [4.69, 9.17) is 15.2 Å². The van der Waals surface area contributed by atoms with E-state index >= 15 is 0 Å². The van der Waals surface area contributed by atoms with Gasteiger partial charge in [0.2, 0.25) is 5.91 Å². The highest BCUT2D eigenvalue weighted by molar-refractivity contribution is 7.99. The number of hydrogen-bond donors (Lipinski definition) is 1. The largest absolute Gasteiger partial charge is 0.497 e. The summed E-state index contributed by atoms with van der Waals surface area (Å²) >= 11 is 1.27. The minimum atomic E-state index is -0.774. The molecule has 1 saturated heterocycles. The van der Waals surface area contributed by atoms with Gasteiger partial charge in [0.05, 0.1) is 29.5 Å². The number of ether oxygens (including phenoxy) is 2. The standard InChI is InChI=1S/C23H21F2N3OS.C6H7NO2/c1-15-13-23(14-26,6-8-29-15)16-9-17(24)11-19(10-16)30-18-3-4-20(21(25)12-18)22-5-7-27-28(22)2;7-6(8)5-1-3-9-4-2-5/h3-5,7,9-12,15H,6,8,13H2,1-2H3;1-3H,4H2,(H2,7,8)/t15-,23-;/m0./s1. The van der Waals surface area contributed by atoms with Gasteiger partial charge < -0.3 is 15.2 Å². The van der Waals surface area contributed by atoms with Crippen LogP contribution < -0.4 is 5.73 Å². The first-order chi connectivity index (χ1) is 18.7. The SMILES string of the molecule is C[C@H]1C[C@@](C#N)(c2cc(F)cc(Sc3ccc(-c4ccnn4C)c(F)c3)c2)CCO1.NC(=O)C1=CCOC=C1. The monoisotopic (exact) mass is 550 g/mol. The summed E-state index contributed by atoms with van der Waals surface area (Å²) in [7, 11) is 1.76. The summed E-state index contributed by atoms with van der Waals surface area (Å²) in [4.78, 5) is 11.7. The number of hydrogen-bond acceptors (Lipinski definition) is 6. The Hall–Kier alpha value is -3.94. The van der Waals surface area contributed by atoms with E-state index in [1.165, 1.54) is 36.2 Å². The van der Waals surface area contributed by atoms with Gasteiger partial charge in [0.15, 0.2) is 0 Å². The van der Waals surface area contributed by atoms with Crippen LogP contribution in [-0.4, -0.2) is 35.0 Å². The molecule has 1 fully saturated rings. The van der Waals surface area contributed by atoms with Crippen LogP contribution in [0.2, 0.25) is 0 Å². The Morgan fingerprint density at radius 3 is 2.64 bits per heavy atom. The number of nitrogens with two attached hydrogens (primary N) is 1. The topological polar surface area (TPSA) is 103 Å². The molecule has 0 bridgehead atoms. The number of amides is 1. The molecule has 10 heteroatoms. The molecular weight excluding hydrogens is 522 g/mol. The molecular formula is C29H28F2N4O3S. The summed E-state index contributed by atoms with van der Waals surface area (Å²) in [5.74, 6) is -1.18. The number of carbonyl (C=O) groups is 1. The average Bonchev–Trinajstić information content (AvgIpc) is 3.34. The Morgan fingerprint density at radius 2 is 2.05 bits per heavy atom. The Labute approximate surface area is 229 Å². The molecule has 7 nitrogen and oxygen atoms in total. The van der Waals surface area contributed by atoms with Gasteiger partial charge in [-0.2, -0.15) is 10.4 Å². The predicted molar refractivity (Wildman–Crippen MR) is 143 cm³/mol. The number of carbonyl (C=O) groups excluding carboxylic acids is 1. The van der Waals surface area contributed by atoms with Crippen molar-refractivity contribution in [2.45, 2.75) is 41.1 Å². The van der Waals surface area contributed by atoms with E-state index < -0.39 is 17.1 Å². The van der Waals surface area contributed by atoms with Gasteiger partial charge in [-0.05, 0) is 79.9 Å². The molecule has 0 radical (unpaired) electrons. The van der Waals surface area contributed by atoms with Gasteiger partial charge in [0.1, 0.15) is 18.2 Å². The third-order valence-corrected chi connectivity index (χ3v) is 7.47. The Balaban J connectivity index is 0.000000333. The number of aryl methyl sites for hydroxylation is 1. The summed E-state index contributed by atoms with van der Waals surface area (Å²) in [5, 5.41) is 13.9. The molecule has 1 amide bonds. The molecule has 0 aliphatic carbocycles. The smallest absolute Gasteiger partial charge is 0.248 e. The maximum absolute atomic E-state index is 14.7. The second kappa shape index (κ2) is 12.3. The molecule has 2 aliphatic rings. The molecule has 2 aliphatic heterocycles. The van der Waals surface area contributed by atoms with Gasteiger partial charge in [-0.25, -0.2) is 8.78 Å². The van der Waals surface area contributed by atoms with E-state index in [9.17, 15) is 18.8 Å². The highest BCUT2D eigenvalue weighted by Crippen LogP contribution is 2.40. The second-order valence-corrected chi connectivity index (χ2v) is 10.4. The number of nitrogens with zero attached hydrogens (tertiary/aromatic N) is 3. The molecule has 3 heterocycles. The second-order valence-electron chi connectivity index (χ2n) is 9.25. The van der Waals surface area contributed by atoms with E-state index in [0.717, 1.165) is 0 Å². The van der Waals surface area contributed by atoms with E-state index in [1.54, 1.807) is 48.3 Å². The molecule has 2 aromatic carbocycles. The molecule has 2 N–H and O–H groups in total. The van der Waals surface area contributed by atoms with Crippen LogP contribution in [0.15, 0.2) is 82.4 Å². The van der Waals surface area contributed by atoms with Gasteiger partial charge in [0, 0.05) is 40.8 Å². The van der Waals surface area contributed by atoms with Crippen molar-refractivity contribution in [1.82, 2.24) is 9.78 Å². The van der Waals surface area contributed by atoms with Crippen LogP contribution in [-0.2, 0) is 26.7 Å². The zero-order valence-electron chi connectivity index (χ0n) is 21.6. The van der Waals surface area contributed by atoms with Gasteiger partial charge >= 0.3 is 0 Å². The number of aromatic nitrogens is 2. The molecule has 2 atom stereocenters. The van der Waals surface area contributed by atoms with Crippen molar-refractivity contribution in [1.29, 1.82) is 5.26 Å². The third kappa shape index (κ3) is 6.74. The normalized spacial score (nSPS) is 20.2. The highest BCUT2D eigenvalue weighted by atomic mass is 32.2. The third-order valence-electron chi connectivity index (χ3n) is 6.51. The first-order valence-corrected chi connectivity index (χ1v) is 13.1. The highest BCUT2D eigenvalue weighted by Gasteiger charge is 2.38. The zero-order valence-corrected chi connectivity index (χ0v) is 22.4. The van der Waals surface area contributed by atoms with Crippen LogP contribution in [0.5, 0.6) is 0 Å². The quantitative estimate of drug-likeness (QED) is 0.455. The van der Waals surface area contributed by atoms with Gasteiger partial charge in [-0.3, -0.25) is 9.48 Å². The summed E-state index contributed by atoms with van der Waals surface area (Å²) in [6, 6.07) is 13.8. The number of rotatable bonds is 5. The lowest BCUT2D eigenvalue weighted by Crippen LogP contribution is -2.36. The van der Waals surface area contributed by atoms with Crippen molar-refractivity contribution in [3.8, 4) is 17.3 Å². The van der Waals surface area contributed by atoms with Crippen molar-refractivity contribution in [2.24, 2.45) is 12.8 Å². The lowest BCUT2D eigenvalue weighted by molar-refractivity contribution is -0.114. The van der Waals surface area contributed by atoms with E-state index in [1.807, 2.05) is 13.0 Å². The number of halogens is 2. The van der Waals surface area contributed by atoms with Crippen molar-refractivity contribution in [3.63, 3.8) is 0 Å². The van der Waals surface area contributed by atoms with Crippen LogP contribution in [0, 0.1) is 23.0 Å². The molecule has 202 valence electrons. The van der Waals surface area contributed by atoms with Gasteiger partial charge in [-0.1, -0.05) is 11.8 Å². The fraction of sp³-hybridized carbons (Fsp3) is 0.276. The van der Waals surface area contributed by atoms with Crippen molar-refractivity contribution < 1.29 is 23.0 Å². The van der Waals surface area contributed by atoms with Crippen LogP contribution >= 0.6 is 11.8 Å². The number of benzene rings is 2. The van der Waals surface area contributed by atoms with E-state index in [0.29, 0.717) is 58.2 Å². The number of primary amides is 1. The van der Waals surface area contributed by atoms with Crippen molar-refractivity contribution >= 4 is 17.7 Å². The van der Waals surface area contributed by atoms with Crippen LogP contribution in [0.1, 0.15) is 25.3 Å². The van der Waals surface area contributed by atoms with Crippen molar-refractivity contribution in [2.75, 3.05) is 13.2 Å². The zero-order chi connectivity index (χ0) is 28.0. The maximum atomic E-state index is 14.7. The Morgan fingerprint density at radius 1 is 1.23 bits per heavy atom. The van der Waals surface area contributed by atoms with Crippen LogP contribution in [0.25, 0.3) is 11.3 Å². The number of nitriles is 1. The molecule has 0 saturated carbocycles. The lowest BCUT2D eigenvalue weighted by atomic mass is 9.74. The van der Waals surface area contributed by atoms with Gasteiger partial charge in [-0.15, -0.1) is 0 Å². The van der Waals surface area contributed by atoms with E-state index in [-0.39, 0.29) is 11.9 Å². The fourth-order valence-electron chi connectivity index (χ4n) is 4.52. The summed E-state index contributed by atoms with van der Waals surface area (Å²) in [6.07, 6.45) is 7.24. The Bertz CT molecular complexity index is 1460. The molecule has 39 heavy (non-hydrogen) atoms. The first kappa shape index (κ1) is 28.1. The van der Waals surface area contributed by atoms with Crippen LogP contribution in [0.3, 0.4) is 0 Å². The average molecular weight is 551 g/mol. The van der Waals surface area contributed by atoms with Crippen LogP contribution in [0.4, 0.5) is 8.78 Å². The molecule has 0 spiro atoms. The molecule has 0 unspecified atom stereocenters. The maximum Gasteiger partial charge on any atom is 0.248 e. The predicted octanol–water partition coefficient (Wildman–Crippen LogP) is 5.42. The summed E-state index contributed by atoms with van der Waals surface area (Å²) in [5.41, 5.74) is 6.48. The minimum Gasteiger partial charge on any atom is -0.497 e. The molecule has 3 aromatic rings. The van der Waals surface area contributed by atoms with E-state index in [2.05, 4.69) is 11.2 Å². The van der Waals surface area contributed by atoms with Crippen molar-refractivity contribution in [3.05, 3.63) is 89.8 Å². The first-order valence-electron chi connectivity index (χ1n) is 12.3. The summed E-state index contributed by atoms with van der Waals surface area (Å²) in [6.45, 7) is 2.83. The minimum absolute atomic E-state index is 0.0635. The summed E-state index contributed by atoms with van der Waals surface area (Å²) < 4.78 is 41.1. The Kier molecular flexibility index (Phi) is 8.84. The lowest BCUT2D eigenvalue weighted by Gasteiger charge is -2.35. The molecule has 1 aromatic heterocycles.